The van der Waals surface area contributed by atoms with Crippen molar-refractivity contribution in [2.75, 3.05) is 0 Å². The first-order valence-corrected chi connectivity index (χ1v) is 46.9. The number of aryl methyl sites for hydroxylation is 3. The maximum absolute atomic E-state index is 12.3. The summed E-state index contributed by atoms with van der Waals surface area (Å²) in [5.41, 5.74) is 15.6. The predicted octanol–water partition coefficient (Wildman–Crippen LogP) is 20.7. The van der Waals surface area contributed by atoms with Gasteiger partial charge in [0.05, 0.1) is 25.2 Å². The number of thioether (sulfide) groups is 5. The molecule has 0 saturated carbocycles. The Morgan fingerprint density at radius 2 is 0.800 bits per heavy atom. The van der Waals surface area contributed by atoms with Crippen LogP contribution in [0.4, 0.5) is 0 Å². The van der Waals surface area contributed by atoms with Crippen molar-refractivity contribution in [3.05, 3.63) is 362 Å². The average Bonchev–Trinajstić information content (AvgIpc) is 1.81. The van der Waals surface area contributed by atoms with E-state index in [1.165, 1.54) is 126 Å². The number of hydrogen-bond donors (Lipinski definition) is 7. The van der Waals surface area contributed by atoms with E-state index in [1.54, 1.807) is 11.3 Å². The third-order valence-electron chi connectivity index (χ3n) is 17.5. The number of H-pyrrole nitrogens is 6. The zero-order valence-electron chi connectivity index (χ0n) is 65.6. The zero-order valence-corrected chi connectivity index (χ0v) is 75.2. The lowest BCUT2D eigenvalue weighted by atomic mass is 10.1. The molecule has 36 heteroatoms. The summed E-state index contributed by atoms with van der Waals surface area (Å²) in [5.74, 6) is 4.83. The molecule has 1 aliphatic heterocycles. The van der Waals surface area contributed by atoms with Gasteiger partial charge in [-0.05, 0) is 139 Å². The Bertz CT molecular complexity index is 6910. The fourth-order valence-corrected chi connectivity index (χ4v) is 19.3. The number of hydroxylamine groups is 1. The van der Waals surface area contributed by atoms with Gasteiger partial charge < -0.3 is 29.8 Å². The number of hydrogen-bond acceptors (Lipinski definition) is 28. The molecule has 17 rings (SSSR count). The SMILES string of the molecule is C.C=C1N=C(c2cccc(CSc3nc(-c4cccs4)c(C#N)c(=O)[nH]3)c2)NO1.CCc1cccc(CSc2nc(-c3cccs3)c(C#N)c(=O)[nH]2)c1.Cc1cccc(CSc2nc(-c3ccccc3)c(Cl)c(=O)[nH]2)c1.Cc1cccc(CSc2nc(-c3cccs3)c(Br)c(=O)[nH]2)c1.N#Cc1c(-c2cccs2)nc(SCc2cccc(-c3nn[nH]n3)c2)[nH]c1=O. The summed E-state index contributed by atoms with van der Waals surface area (Å²) in [4.78, 5) is 110. The molecular formula is C89H71BrClN19O6S9. The Kier molecular flexibility index (Phi) is 33.3. The van der Waals surface area contributed by atoms with Crippen molar-refractivity contribution in [2.24, 2.45) is 4.99 Å². The topological polar surface area (TPSA) is 388 Å². The molecule has 0 amide bonds. The van der Waals surface area contributed by atoms with E-state index in [2.05, 4.69) is 179 Å². The third-order valence-corrected chi connectivity index (χ3v) is 26.8. The van der Waals surface area contributed by atoms with Crippen LogP contribution in [0.1, 0.15) is 81.1 Å². The number of benzene rings is 6. The summed E-state index contributed by atoms with van der Waals surface area (Å²) in [5, 5.41) is 52.2. The van der Waals surface area contributed by atoms with Crippen LogP contribution in [0.25, 0.3) is 64.9 Å². The van der Waals surface area contributed by atoms with Crippen LogP contribution in [0.2, 0.25) is 5.02 Å². The van der Waals surface area contributed by atoms with Crippen molar-refractivity contribution < 1.29 is 4.84 Å². The number of nitrogens with one attached hydrogen (secondary N) is 7. The van der Waals surface area contributed by atoms with Gasteiger partial charge in [-0.1, -0.05) is 260 Å². The van der Waals surface area contributed by atoms with Crippen molar-refractivity contribution >= 4 is 138 Å². The number of nitriles is 3. The zero-order chi connectivity index (χ0) is 86.9. The highest BCUT2D eigenvalue weighted by molar-refractivity contribution is 9.10. The highest BCUT2D eigenvalue weighted by atomic mass is 79.9. The van der Waals surface area contributed by atoms with Crippen LogP contribution in [-0.2, 0) is 40.0 Å². The van der Waals surface area contributed by atoms with Crippen molar-refractivity contribution in [3.8, 4) is 83.1 Å². The van der Waals surface area contributed by atoms with Gasteiger partial charge in [0.25, 0.3) is 27.8 Å². The molecule has 25 nitrogen and oxygen atoms in total. The van der Waals surface area contributed by atoms with Gasteiger partial charge in [-0.3, -0.25) is 24.0 Å². The first-order valence-electron chi connectivity index (χ1n) is 37.2. The minimum absolute atomic E-state index is 0. The number of thiophene rings is 4. The highest BCUT2D eigenvalue weighted by Gasteiger charge is 2.21. The molecule has 0 saturated heterocycles. The number of nitrogens with zero attached hydrogens (tertiary/aromatic N) is 12. The van der Waals surface area contributed by atoms with Crippen molar-refractivity contribution in [2.45, 2.75) is 89.2 Å². The fraction of sp³-hybridized carbons (Fsp3) is 0.112. The largest absolute Gasteiger partial charge is 0.361 e. The van der Waals surface area contributed by atoms with E-state index in [1.807, 2.05) is 185 Å². The number of halogens is 2. The van der Waals surface area contributed by atoms with E-state index >= 15 is 0 Å². The van der Waals surface area contributed by atoms with Gasteiger partial charge in [0.1, 0.15) is 67.2 Å². The fourth-order valence-electron chi connectivity index (χ4n) is 11.6. The monoisotopic (exact) mass is 1900 g/mol. The Morgan fingerprint density at radius 1 is 0.432 bits per heavy atom. The molecule has 6 aromatic carbocycles. The summed E-state index contributed by atoms with van der Waals surface area (Å²) in [7, 11) is 0. The smallest absolute Gasteiger partial charge is 0.270 e. The van der Waals surface area contributed by atoms with E-state index in [9.17, 15) is 39.8 Å². The minimum atomic E-state index is -0.433. The lowest BCUT2D eigenvalue weighted by molar-refractivity contribution is 0.179. The van der Waals surface area contributed by atoms with Crippen LogP contribution in [-0.4, -0.2) is 76.3 Å². The van der Waals surface area contributed by atoms with Gasteiger partial charge >= 0.3 is 0 Å². The van der Waals surface area contributed by atoms with Gasteiger partial charge in [0, 0.05) is 45.5 Å². The standard InChI is InChI=1S/C19H13N5O2S2.C18H15ClN2OS.C18H15N3OS2.C17H11N7OS2.C16H13BrN2OS2.CH4/c1-11-21-17(24-26-11)13-5-2-4-12(8-13)10-28-19-22-16(15-6-3-7-27-15)14(9-20)18(25)23-19;1-12-6-5-7-13(10-12)11-23-18-20-16(15(19)17(22)21-18)14-8-3-2-4-9-14;1-2-12-5-3-6-13(9-12)11-24-18-20-16(15-7-4-8-23-15)14(10-19)17(22)21-18;18-8-12-14(13-5-2-6-26-13)19-17(20-16(12)25)27-9-10-3-1-4-11(7-10)15-21-23-24-22-15;1-10-4-2-5-11(8-10)9-22-16-18-14(12-6-3-7-21-12)13(17)15(20)19-16;/h2-8H,1,10H2,(H,21,24)(H,22,23,25);2-10H,11H2,1H3,(H,20,21,22);3-9H,2,11H2,1H3,(H,20,21,22);1-7H,9H2,(H,19,20,25)(H,21,22,23,24);2-8H,9H2,1H3,(H,18,19,20);1H4. The molecule has 0 spiro atoms. The van der Waals surface area contributed by atoms with Gasteiger partial charge in [0.2, 0.25) is 11.7 Å². The van der Waals surface area contributed by atoms with E-state index in [0.717, 1.165) is 65.3 Å². The summed E-state index contributed by atoms with van der Waals surface area (Å²) in [6.07, 6.45) is 0.993. The average molecular weight is 1910 g/mol. The Hall–Kier alpha value is -12.4. The van der Waals surface area contributed by atoms with Crippen molar-refractivity contribution in [1.82, 2.24) is 75.9 Å². The normalized spacial score (nSPS) is 11.1. The second kappa shape index (κ2) is 45.3. The maximum atomic E-state index is 12.3. The van der Waals surface area contributed by atoms with Crippen molar-refractivity contribution in [1.29, 1.82) is 15.8 Å². The second-order valence-corrected chi connectivity index (χ2v) is 36.0. The summed E-state index contributed by atoms with van der Waals surface area (Å²) in [6, 6.07) is 70.9. The first-order chi connectivity index (χ1) is 60.3. The number of amidine groups is 1. The summed E-state index contributed by atoms with van der Waals surface area (Å²) < 4.78 is 0.481. The van der Waals surface area contributed by atoms with Crippen LogP contribution in [0.5, 0.6) is 0 Å². The molecule has 0 aliphatic carbocycles. The van der Waals surface area contributed by atoms with Gasteiger partial charge in [-0.15, -0.1) is 55.5 Å². The molecule has 7 N–H and O–H groups in total. The summed E-state index contributed by atoms with van der Waals surface area (Å²) in [6.45, 7) is 9.90. The lowest BCUT2D eigenvalue weighted by Gasteiger charge is -2.07. The molecule has 0 bridgehead atoms. The van der Waals surface area contributed by atoms with Gasteiger partial charge in [-0.2, -0.15) is 26.0 Å². The molecule has 0 atom stereocenters. The molecule has 0 unspecified atom stereocenters. The second-order valence-electron chi connectivity index (χ2n) is 26.3. The van der Waals surface area contributed by atoms with E-state index in [-0.39, 0.29) is 45.8 Å². The molecule has 16 aromatic rings. The Balaban J connectivity index is 0.000000142. The highest BCUT2D eigenvalue weighted by Crippen LogP contribution is 2.35. The first kappa shape index (κ1) is 91.8. The molecule has 11 heterocycles. The Morgan fingerprint density at radius 3 is 1.20 bits per heavy atom. The van der Waals surface area contributed by atoms with Crippen LogP contribution < -0.4 is 33.3 Å². The lowest BCUT2D eigenvalue weighted by Crippen LogP contribution is -2.17. The molecule has 626 valence electrons. The quantitative estimate of drug-likeness (QED) is 0.0231. The molecule has 0 radical (unpaired) electrons. The predicted molar refractivity (Wildman–Crippen MR) is 508 cm³/mol. The molecule has 10 aromatic heterocycles. The van der Waals surface area contributed by atoms with Crippen LogP contribution in [0, 0.1) is 47.8 Å². The van der Waals surface area contributed by atoms with E-state index < -0.39 is 11.1 Å². The summed E-state index contributed by atoms with van der Waals surface area (Å²) >= 11 is 22.6. The van der Waals surface area contributed by atoms with Crippen LogP contribution in [0.3, 0.4) is 0 Å². The minimum Gasteiger partial charge on any atom is -0.361 e. The third kappa shape index (κ3) is 25.2. The number of aliphatic imine (C=N–C) groups is 1. The van der Waals surface area contributed by atoms with Gasteiger partial charge in [-0.25, -0.2) is 30.4 Å². The van der Waals surface area contributed by atoms with E-state index in [4.69, 9.17) is 16.4 Å². The van der Waals surface area contributed by atoms with E-state index in [0.29, 0.717) is 93.5 Å². The number of aromatic nitrogens is 14. The number of tetrazole rings is 1. The van der Waals surface area contributed by atoms with Crippen LogP contribution >= 0.6 is 132 Å². The maximum Gasteiger partial charge on any atom is 0.270 e. The molecule has 1 aliphatic rings. The molecule has 0 fully saturated rings. The van der Waals surface area contributed by atoms with Crippen molar-refractivity contribution in [3.63, 3.8) is 0 Å². The number of rotatable bonds is 23. The van der Waals surface area contributed by atoms with Gasteiger partial charge in [0.15, 0.2) is 31.6 Å². The molecule has 125 heavy (non-hydrogen) atoms. The van der Waals surface area contributed by atoms with Crippen LogP contribution in [0.15, 0.2) is 293 Å². The Labute approximate surface area is 766 Å². The number of aromatic amines is 6. The molecular weight excluding hydrogens is 1840 g/mol.